The molecule has 0 bridgehead atoms. The fourth-order valence-electron chi connectivity index (χ4n) is 2.68. The molecular formula is C12H23N3O. The van der Waals surface area contributed by atoms with Gasteiger partial charge < -0.3 is 16.0 Å². The largest absolute Gasteiger partial charge is 0.356 e. The number of carbonyl (C=O) groups is 1. The number of hydrogen-bond acceptors (Lipinski definition) is 3. The van der Waals surface area contributed by atoms with E-state index in [0.717, 1.165) is 31.7 Å². The highest BCUT2D eigenvalue weighted by molar-refractivity contribution is 5.79. The van der Waals surface area contributed by atoms with E-state index in [9.17, 15) is 4.79 Å². The summed E-state index contributed by atoms with van der Waals surface area (Å²) in [5, 5.41) is 3.03. The number of likely N-dealkylation sites (tertiary alicyclic amines) is 1. The standard InChI is InChI=1S/C12H23N3O/c1-15-5-3-9(8-15)2-4-14-12(16)10-6-11(13)7-10/h9-11H,2-8,13H2,1H3,(H,14,16). The number of nitrogens with zero attached hydrogens (tertiary/aromatic N) is 1. The molecular weight excluding hydrogens is 202 g/mol. The molecule has 2 fully saturated rings. The predicted molar refractivity (Wildman–Crippen MR) is 63.9 cm³/mol. The number of carbonyl (C=O) groups excluding carboxylic acids is 1. The van der Waals surface area contributed by atoms with Crippen LogP contribution in [0.15, 0.2) is 0 Å². The second kappa shape index (κ2) is 5.15. The first kappa shape index (κ1) is 11.9. The fourth-order valence-corrected chi connectivity index (χ4v) is 2.68. The van der Waals surface area contributed by atoms with E-state index in [4.69, 9.17) is 5.73 Å². The van der Waals surface area contributed by atoms with Gasteiger partial charge in [0.05, 0.1) is 0 Å². The molecule has 1 aliphatic carbocycles. The lowest BCUT2D eigenvalue weighted by atomic mass is 9.80. The minimum absolute atomic E-state index is 0.196. The van der Waals surface area contributed by atoms with E-state index in [-0.39, 0.29) is 17.9 Å². The highest BCUT2D eigenvalue weighted by Crippen LogP contribution is 2.25. The molecule has 0 aromatic rings. The van der Waals surface area contributed by atoms with Gasteiger partial charge in [-0.3, -0.25) is 4.79 Å². The van der Waals surface area contributed by atoms with Crippen molar-refractivity contribution in [2.24, 2.45) is 17.6 Å². The molecule has 1 heterocycles. The van der Waals surface area contributed by atoms with E-state index in [1.54, 1.807) is 0 Å². The lowest BCUT2D eigenvalue weighted by molar-refractivity contribution is -0.127. The van der Waals surface area contributed by atoms with Gasteiger partial charge in [0.2, 0.25) is 5.91 Å². The minimum Gasteiger partial charge on any atom is -0.356 e. The maximum absolute atomic E-state index is 11.6. The summed E-state index contributed by atoms with van der Waals surface area (Å²) in [7, 11) is 2.16. The van der Waals surface area contributed by atoms with E-state index in [1.807, 2.05) is 0 Å². The number of nitrogens with one attached hydrogen (secondary N) is 1. The van der Waals surface area contributed by atoms with Crippen molar-refractivity contribution >= 4 is 5.91 Å². The van der Waals surface area contributed by atoms with Gasteiger partial charge in [-0.25, -0.2) is 0 Å². The summed E-state index contributed by atoms with van der Waals surface area (Å²) in [6.45, 7) is 3.23. The Morgan fingerprint density at radius 3 is 2.81 bits per heavy atom. The number of nitrogens with two attached hydrogens (primary N) is 1. The molecule has 1 saturated carbocycles. The molecule has 1 unspecified atom stereocenters. The summed E-state index contributed by atoms with van der Waals surface area (Å²) < 4.78 is 0. The monoisotopic (exact) mass is 225 g/mol. The van der Waals surface area contributed by atoms with Crippen molar-refractivity contribution in [3.05, 3.63) is 0 Å². The van der Waals surface area contributed by atoms with Crippen LogP contribution in [0.5, 0.6) is 0 Å². The predicted octanol–water partition coefficient (Wildman–Crippen LogP) is 0.182. The van der Waals surface area contributed by atoms with Crippen LogP contribution < -0.4 is 11.1 Å². The van der Waals surface area contributed by atoms with E-state index in [0.29, 0.717) is 0 Å². The first-order valence-corrected chi connectivity index (χ1v) is 6.37. The summed E-state index contributed by atoms with van der Waals surface area (Å²) in [4.78, 5) is 14.0. The molecule has 1 amide bonds. The van der Waals surface area contributed by atoms with Crippen molar-refractivity contribution in [1.82, 2.24) is 10.2 Å². The van der Waals surface area contributed by atoms with Gasteiger partial charge >= 0.3 is 0 Å². The molecule has 4 heteroatoms. The topological polar surface area (TPSA) is 58.4 Å². The lowest BCUT2D eigenvalue weighted by Gasteiger charge is -2.31. The smallest absolute Gasteiger partial charge is 0.223 e. The Kier molecular flexibility index (Phi) is 3.82. The Morgan fingerprint density at radius 2 is 2.25 bits per heavy atom. The van der Waals surface area contributed by atoms with Crippen molar-refractivity contribution in [2.45, 2.75) is 31.7 Å². The fraction of sp³-hybridized carbons (Fsp3) is 0.917. The second-order valence-corrected chi connectivity index (χ2v) is 5.43. The molecule has 2 rings (SSSR count). The highest BCUT2D eigenvalue weighted by Gasteiger charge is 2.31. The summed E-state index contributed by atoms with van der Waals surface area (Å²) in [5.41, 5.74) is 5.66. The average molecular weight is 225 g/mol. The Morgan fingerprint density at radius 1 is 1.50 bits per heavy atom. The first-order chi connectivity index (χ1) is 7.65. The Labute approximate surface area is 97.6 Å². The lowest BCUT2D eigenvalue weighted by Crippen LogP contribution is -2.45. The molecule has 2 aliphatic rings. The van der Waals surface area contributed by atoms with Crippen molar-refractivity contribution in [1.29, 1.82) is 0 Å². The third-order valence-corrected chi connectivity index (χ3v) is 3.89. The van der Waals surface area contributed by atoms with Gasteiger partial charge in [-0.05, 0) is 45.2 Å². The Balaban J connectivity index is 1.56. The summed E-state index contributed by atoms with van der Waals surface area (Å²) >= 11 is 0. The van der Waals surface area contributed by atoms with Gasteiger partial charge in [-0.2, -0.15) is 0 Å². The number of amides is 1. The molecule has 1 atom stereocenters. The maximum Gasteiger partial charge on any atom is 0.223 e. The molecule has 0 radical (unpaired) electrons. The van der Waals surface area contributed by atoms with E-state index in [1.165, 1.54) is 19.5 Å². The Hall–Kier alpha value is -0.610. The number of hydrogen-bond donors (Lipinski definition) is 2. The third-order valence-electron chi connectivity index (χ3n) is 3.89. The third kappa shape index (κ3) is 2.95. The molecule has 92 valence electrons. The SMILES string of the molecule is CN1CCC(CCNC(=O)C2CC(N)C2)C1. The van der Waals surface area contributed by atoms with Crippen LogP contribution in [0.1, 0.15) is 25.7 Å². The summed E-state index contributed by atoms with van der Waals surface area (Å²) in [6.07, 6.45) is 4.14. The zero-order valence-corrected chi connectivity index (χ0v) is 10.1. The van der Waals surface area contributed by atoms with Gasteiger partial charge in [0.1, 0.15) is 0 Å². The molecule has 0 aromatic heterocycles. The van der Waals surface area contributed by atoms with Crippen molar-refractivity contribution in [2.75, 3.05) is 26.7 Å². The zero-order chi connectivity index (χ0) is 11.5. The van der Waals surface area contributed by atoms with E-state index in [2.05, 4.69) is 17.3 Å². The molecule has 3 N–H and O–H groups in total. The van der Waals surface area contributed by atoms with Gasteiger partial charge in [0, 0.05) is 25.0 Å². The van der Waals surface area contributed by atoms with Crippen LogP contribution >= 0.6 is 0 Å². The van der Waals surface area contributed by atoms with Crippen LogP contribution in [0.4, 0.5) is 0 Å². The van der Waals surface area contributed by atoms with Gasteiger partial charge in [0.15, 0.2) is 0 Å². The van der Waals surface area contributed by atoms with Gasteiger partial charge in [-0.15, -0.1) is 0 Å². The van der Waals surface area contributed by atoms with E-state index >= 15 is 0 Å². The normalized spacial score (nSPS) is 34.8. The molecule has 0 aromatic carbocycles. The van der Waals surface area contributed by atoms with Gasteiger partial charge in [-0.1, -0.05) is 0 Å². The zero-order valence-electron chi connectivity index (χ0n) is 10.1. The quantitative estimate of drug-likeness (QED) is 0.717. The van der Waals surface area contributed by atoms with Crippen LogP contribution in [0.25, 0.3) is 0 Å². The average Bonchev–Trinajstić information content (AvgIpc) is 2.59. The highest BCUT2D eigenvalue weighted by atomic mass is 16.1. The second-order valence-electron chi connectivity index (χ2n) is 5.43. The van der Waals surface area contributed by atoms with E-state index < -0.39 is 0 Å². The summed E-state index contributed by atoms with van der Waals surface area (Å²) in [6, 6.07) is 0.263. The van der Waals surface area contributed by atoms with Crippen molar-refractivity contribution < 1.29 is 4.79 Å². The van der Waals surface area contributed by atoms with Crippen molar-refractivity contribution in [3.63, 3.8) is 0 Å². The summed E-state index contributed by atoms with van der Waals surface area (Å²) in [5.74, 6) is 1.18. The molecule has 16 heavy (non-hydrogen) atoms. The van der Waals surface area contributed by atoms with Gasteiger partial charge in [0.25, 0.3) is 0 Å². The molecule has 1 saturated heterocycles. The minimum atomic E-state index is 0.196. The number of rotatable bonds is 4. The van der Waals surface area contributed by atoms with Crippen LogP contribution in [-0.2, 0) is 4.79 Å². The van der Waals surface area contributed by atoms with Crippen LogP contribution in [0, 0.1) is 11.8 Å². The maximum atomic E-state index is 11.6. The van der Waals surface area contributed by atoms with Crippen LogP contribution in [0.3, 0.4) is 0 Å². The van der Waals surface area contributed by atoms with Crippen LogP contribution in [-0.4, -0.2) is 43.5 Å². The molecule has 4 nitrogen and oxygen atoms in total. The first-order valence-electron chi connectivity index (χ1n) is 6.37. The molecule has 1 aliphatic heterocycles. The van der Waals surface area contributed by atoms with Crippen LogP contribution in [0.2, 0.25) is 0 Å². The Bertz CT molecular complexity index is 251. The molecule has 0 spiro atoms. The van der Waals surface area contributed by atoms with Crippen molar-refractivity contribution in [3.8, 4) is 0 Å².